The van der Waals surface area contributed by atoms with Gasteiger partial charge in [0.25, 0.3) is 5.91 Å². The van der Waals surface area contributed by atoms with Crippen molar-refractivity contribution >= 4 is 16.8 Å². The second kappa shape index (κ2) is 6.75. The van der Waals surface area contributed by atoms with Crippen LogP contribution in [0, 0.1) is 0 Å². The molecule has 2 aromatic carbocycles. The molecule has 0 saturated heterocycles. The molecule has 3 aromatic rings. The number of aromatic nitrogens is 1. The van der Waals surface area contributed by atoms with Crippen molar-refractivity contribution in [2.45, 2.75) is 25.3 Å². The van der Waals surface area contributed by atoms with Crippen molar-refractivity contribution in [2.75, 3.05) is 14.2 Å². The number of H-pyrrole nitrogens is 1. The van der Waals surface area contributed by atoms with Crippen molar-refractivity contribution in [1.29, 1.82) is 0 Å². The molecule has 1 aromatic heterocycles. The van der Waals surface area contributed by atoms with Gasteiger partial charge in [-0.05, 0) is 42.7 Å². The lowest BCUT2D eigenvalue weighted by Crippen LogP contribution is -2.38. The van der Waals surface area contributed by atoms with Gasteiger partial charge in [0.1, 0.15) is 0 Å². The molecule has 0 aliphatic heterocycles. The van der Waals surface area contributed by atoms with E-state index < -0.39 is 0 Å². The number of fused-ring (bicyclic) bond motifs is 3. The molecular formula is C21H22N2O3. The second-order valence-electron chi connectivity index (χ2n) is 6.61. The van der Waals surface area contributed by atoms with Crippen LogP contribution in [0.3, 0.4) is 0 Å². The highest BCUT2D eigenvalue weighted by Crippen LogP contribution is 2.30. The standard InChI is InChI=1S/C21H22N2O3/c1-25-19-10-7-13(11-20(19)26-2)21(24)22-14-8-9-16-15-5-3-4-6-17(15)23-18(16)12-14/h3-7,10-11,14,23H,8-9,12H2,1-2H3,(H,22,24). The normalized spacial score (nSPS) is 16.2. The Bertz CT molecular complexity index is 961. The molecule has 1 aliphatic carbocycles. The first-order valence-electron chi connectivity index (χ1n) is 8.81. The number of amides is 1. The second-order valence-corrected chi connectivity index (χ2v) is 6.61. The van der Waals surface area contributed by atoms with E-state index in [1.54, 1.807) is 32.4 Å². The molecular weight excluding hydrogens is 328 g/mol. The van der Waals surface area contributed by atoms with Gasteiger partial charge in [-0.1, -0.05) is 18.2 Å². The van der Waals surface area contributed by atoms with Gasteiger partial charge < -0.3 is 19.8 Å². The SMILES string of the molecule is COc1ccc(C(=O)NC2CCc3c([nH]c4ccccc34)C2)cc1OC. The molecule has 0 saturated carbocycles. The van der Waals surface area contributed by atoms with E-state index in [4.69, 9.17) is 9.47 Å². The minimum atomic E-state index is -0.0875. The number of para-hydroxylation sites is 1. The van der Waals surface area contributed by atoms with Crippen LogP contribution in [-0.4, -0.2) is 31.2 Å². The quantitative estimate of drug-likeness (QED) is 0.757. The predicted molar refractivity (Wildman–Crippen MR) is 101 cm³/mol. The first-order chi connectivity index (χ1) is 12.7. The number of nitrogens with one attached hydrogen (secondary N) is 2. The summed E-state index contributed by atoms with van der Waals surface area (Å²) in [7, 11) is 3.15. The van der Waals surface area contributed by atoms with E-state index in [1.807, 2.05) is 6.07 Å². The average Bonchev–Trinajstić information content (AvgIpc) is 3.05. The lowest BCUT2D eigenvalue weighted by molar-refractivity contribution is 0.0933. The Morgan fingerprint density at radius 2 is 1.92 bits per heavy atom. The molecule has 4 rings (SSSR count). The van der Waals surface area contributed by atoms with Crippen molar-refractivity contribution in [3.05, 3.63) is 59.3 Å². The van der Waals surface area contributed by atoms with Crippen LogP contribution in [0.5, 0.6) is 11.5 Å². The molecule has 1 atom stereocenters. The number of methoxy groups -OCH3 is 2. The summed E-state index contributed by atoms with van der Waals surface area (Å²) in [6, 6.07) is 13.7. The molecule has 0 spiro atoms. The van der Waals surface area contributed by atoms with Crippen molar-refractivity contribution in [2.24, 2.45) is 0 Å². The molecule has 1 heterocycles. The van der Waals surface area contributed by atoms with E-state index in [0.717, 1.165) is 19.3 Å². The van der Waals surface area contributed by atoms with E-state index in [-0.39, 0.29) is 11.9 Å². The number of hydrogen-bond donors (Lipinski definition) is 2. The van der Waals surface area contributed by atoms with Gasteiger partial charge in [-0.15, -0.1) is 0 Å². The number of carbonyl (C=O) groups excluding carboxylic acids is 1. The average molecular weight is 350 g/mol. The molecule has 5 nitrogen and oxygen atoms in total. The predicted octanol–water partition coefficient (Wildman–Crippen LogP) is 3.47. The Morgan fingerprint density at radius 1 is 1.12 bits per heavy atom. The summed E-state index contributed by atoms with van der Waals surface area (Å²) in [6.07, 6.45) is 2.73. The maximum atomic E-state index is 12.6. The smallest absolute Gasteiger partial charge is 0.251 e. The number of benzene rings is 2. The Labute approximate surface area is 152 Å². The maximum absolute atomic E-state index is 12.6. The molecule has 0 fully saturated rings. The summed E-state index contributed by atoms with van der Waals surface area (Å²) in [6.45, 7) is 0. The minimum absolute atomic E-state index is 0.0875. The van der Waals surface area contributed by atoms with Crippen molar-refractivity contribution < 1.29 is 14.3 Å². The fraction of sp³-hybridized carbons (Fsp3) is 0.286. The monoisotopic (exact) mass is 350 g/mol. The zero-order chi connectivity index (χ0) is 18.1. The number of aryl methyl sites for hydroxylation is 1. The van der Waals surface area contributed by atoms with E-state index >= 15 is 0 Å². The summed E-state index contributed by atoms with van der Waals surface area (Å²) in [5.41, 5.74) is 4.36. The molecule has 1 aliphatic rings. The minimum Gasteiger partial charge on any atom is -0.493 e. The van der Waals surface area contributed by atoms with E-state index in [0.29, 0.717) is 17.1 Å². The van der Waals surface area contributed by atoms with Crippen LogP contribution in [0.2, 0.25) is 0 Å². The number of aromatic amines is 1. The van der Waals surface area contributed by atoms with Crippen molar-refractivity contribution in [3.63, 3.8) is 0 Å². The zero-order valence-corrected chi connectivity index (χ0v) is 15.0. The zero-order valence-electron chi connectivity index (χ0n) is 15.0. The van der Waals surface area contributed by atoms with Crippen LogP contribution in [-0.2, 0) is 12.8 Å². The van der Waals surface area contributed by atoms with E-state index in [9.17, 15) is 4.79 Å². The van der Waals surface area contributed by atoms with Gasteiger partial charge >= 0.3 is 0 Å². The molecule has 0 radical (unpaired) electrons. The summed E-state index contributed by atoms with van der Waals surface area (Å²) in [4.78, 5) is 16.2. The Morgan fingerprint density at radius 3 is 2.73 bits per heavy atom. The van der Waals surface area contributed by atoms with Gasteiger partial charge in [0, 0.05) is 34.6 Å². The molecule has 0 bridgehead atoms. The van der Waals surface area contributed by atoms with Crippen LogP contribution in [0.25, 0.3) is 10.9 Å². The number of rotatable bonds is 4. The molecule has 2 N–H and O–H groups in total. The van der Waals surface area contributed by atoms with Gasteiger partial charge in [0.05, 0.1) is 14.2 Å². The fourth-order valence-corrected chi connectivity index (χ4v) is 3.75. The third-order valence-corrected chi connectivity index (χ3v) is 5.08. The Kier molecular flexibility index (Phi) is 4.29. The van der Waals surface area contributed by atoms with Gasteiger partial charge in [-0.25, -0.2) is 0 Å². The van der Waals surface area contributed by atoms with Crippen LogP contribution < -0.4 is 14.8 Å². The summed E-state index contributed by atoms with van der Waals surface area (Å²) < 4.78 is 10.5. The first kappa shape index (κ1) is 16.5. The lowest BCUT2D eigenvalue weighted by atomic mass is 9.91. The van der Waals surface area contributed by atoms with Crippen LogP contribution in [0.1, 0.15) is 28.0 Å². The highest BCUT2D eigenvalue weighted by Gasteiger charge is 2.24. The van der Waals surface area contributed by atoms with E-state index in [1.165, 1.54) is 22.2 Å². The molecule has 1 unspecified atom stereocenters. The van der Waals surface area contributed by atoms with Crippen molar-refractivity contribution in [3.8, 4) is 11.5 Å². The molecule has 26 heavy (non-hydrogen) atoms. The highest BCUT2D eigenvalue weighted by molar-refractivity contribution is 5.95. The van der Waals surface area contributed by atoms with Crippen LogP contribution in [0.4, 0.5) is 0 Å². The van der Waals surface area contributed by atoms with Crippen LogP contribution in [0.15, 0.2) is 42.5 Å². The Hall–Kier alpha value is -2.95. The molecule has 134 valence electrons. The topological polar surface area (TPSA) is 63.3 Å². The third kappa shape index (κ3) is 2.90. The van der Waals surface area contributed by atoms with Gasteiger partial charge in [-0.3, -0.25) is 4.79 Å². The van der Waals surface area contributed by atoms with Crippen molar-refractivity contribution in [1.82, 2.24) is 10.3 Å². The summed E-state index contributed by atoms with van der Waals surface area (Å²) >= 11 is 0. The van der Waals surface area contributed by atoms with Gasteiger partial charge in [-0.2, -0.15) is 0 Å². The first-order valence-corrected chi connectivity index (χ1v) is 8.81. The number of hydrogen-bond acceptors (Lipinski definition) is 3. The lowest BCUT2D eigenvalue weighted by Gasteiger charge is -2.23. The van der Waals surface area contributed by atoms with E-state index in [2.05, 4.69) is 28.5 Å². The Balaban J connectivity index is 1.50. The largest absolute Gasteiger partial charge is 0.493 e. The summed E-state index contributed by atoms with van der Waals surface area (Å²) in [5.74, 6) is 1.08. The van der Waals surface area contributed by atoms with Crippen LogP contribution >= 0.6 is 0 Å². The summed E-state index contributed by atoms with van der Waals surface area (Å²) in [5, 5.41) is 4.45. The van der Waals surface area contributed by atoms with Gasteiger partial charge in [0.15, 0.2) is 11.5 Å². The maximum Gasteiger partial charge on any atom is 0.251 e. The number of carbonyl (C=O) groups is 1. The number of ether oxygens (including phenoxy) is 2. The fourth-order valence-electron chi connectivity index (χ4n) is 3.75. The molecule has 5 heteroatoms. The highest BCUT2D eigenvalue weighted by atomic mass is 16.5. The third-order valence-electron chi connectivity index (χ3n) is 5.08. The molecule has 1 amide bonds. The van der Waals surface area contributed by atoms with Gasteiger partial charge in [0.2, 0.25) is 0 Å².